The third-order valence-electron chi connectivity index (χ3n) is 5.54. The van der Waals surface area contributed by atoms with Gasteiger partial charge < -0.3 is 9.47 Å². The first-order chi connectivity index (χ1) is 16.2. The SMILES string of the molecule is Cc1ccc(SC2O[C@H](CN(C)[S@](=O)C(C)(C)C)[C@@H](OCc3ccccc3)C[C@H]2N=[N+]=[N-])cc1. The Labute approximate surface area is 209 Å². The van der Waals surface area contributed by atoms with Crippen LogP contribution in [0.1, 0.15) is 38.3 Å². The first kappa shape index (κ1) is 26.7. The van der Waals surface area contributed by atoms with Crippen LogP contribution in [-0.4, -0.2) is 50.5 Å². The monoisotopic (exact) mass is 502 g/mol. The molecule has 0 bridgehead atoms. The molecule has 0 amide bonds. The first-order valence-electron chi connectivity index (χ1n) is 11.4. The molecule has 5 atom stereocenters. The zero-order valence-corrected chi connectivity index (χ0v) is 22.1. The molecule has 1 saturated heterocycles. The fraction of sp³-hybridized carbons (Fsp3) is 0.520. The van der Waals surface area contributed by atoms with E-state index in [1.807, 2.05) is 81.5 Å². The smallest absolute Gasteiger partial charge is 0.116 e. The lowest BCUT2D eigenvalue weighted by molar-refractivity contribution is -0.129. The maximum Gasteiger partial charge on any atom is 0.116 e. The maximum atomic E-state index is 13.0. The molecule has 184 valence electrons. The average molecular weight is 503 g/mol. The average Bonchev–Trinajstić information content (AvgIpc) is 2.80. The zero-order valence-electron chi connectivity index (χ0n) is 20.5. The molecule has 7 nitrogen and oxygen atoms in total. The summed E-state index contributed by atoms with van der Waals surface area (Å²) in [5.74, 6) is 0. The predicted molar refractivity (Wildman–Crippen MR) is 139 cm³/mol. The lowest BCUT2D eigenvalue weighted by Crippen LogP contribution is -2.51. The van der Waals surface area contributed by atoms with Crippen LogP contribution in [0.2, 0.25) is 0 Å². The lowest BCUT2D eigenvalue weighted by atomic mass is 10.0. The first-order valence-corrected chi connectivity index (χ1v) is 13.4. The van der Waals surface area contributed by atoms with Crippen molar-refractivity contribution in [1.29, 1.82) is 0 Å². The minimum Gasteiger partial charge on any atom is -0.371 e. The van der Waals surface area contributed by atoms with Crippen LogP contribution < -0.4 is 0 Å². The van der Waals surface area contributed by atoms with Gasteiger partial charge in [-0.2, -0.15) is 0 Å². The molecule has 0 N–H and O–H groups in total. The number of ether oxygens (including phenoxy) is 2. The van der Waals surface area contributed by atoms with Gasteiger partial charge >= 0.3 is 0 Å². The number of azide groups is 1. The molecule has 3 rings (SSSR count). The Morgan fingerprint density at radius 2 is 1.88 bits per heavy atom. The summed E-state index contributed by atoms with van der Waals surface area (Å²) >= 11 is 1.55. The molecule has 1 heterocycles. The van der Waals surface area contributed by atoms with Crippen molar-refractivity contribution < 1.29 is 13.7 Å². The van der Waals surface area contributed by atoms with Gasteiger partial charge in [-0.25, -0.2) is 8.51 Å². The van der Waals surface area contributed by atoms with Crippen LogP contribution in [-0.2, 0) is 27.1 Å². The topological polar surface area (TPSA) is 87.5 Å². The zero-order chi connectivity index (χ0) is 24.7. The number of benzene rings is 2. The van der Waals surface area contributed by atoms with E-state index in [4.69, 9.17) is 9.47 Å². The van der Waals surface area contributed by atoms with Crippen LogP contribution in [0.5, 0.6) is 0 Å². The Balaban J connectivity index is 1.81. The van der Waals surface area contributed by atoms with Gasteiger partial charge in [0.05, 0.1) is 40.6 Å². The summed E-state index contributed by atoms with van der Waals surface area (Å²) in [6.45, 7) is 8.78. The molecule has 34 heavy (non-hydrogen) atoms. The molecule has 9 heteroatoms. The van der Waals surface area contributed by atoms with E-state index in [1.54, 1.807) is 11.8 Å². The van der Waals surface area contributed by atoms with Crippen molar-refractivity contribution >= 4 is 22.7 Å². The maximum absolute atomic E-state index is 13.0. The van der Waals surface area contributed by atoms with E-state index in [0.717, 1.165) is 10.5 Å². The van der Waals surface area contributed by atoms with Gasteiger partial charge in [0.1, 0.15) is 5.44 Å². The molecule has 0 aromatic heterocycles. The van der Waals surface area contributed by atoms with Crippen molar-refractivity contribution in [2.24, 2.45) is 5.11 Å². The number of hydrogen-bond acceptors (Lipinski definition) is 5. The van der Waals surface area contributed by atoms with Gasteiger partial charge in [-0.05, 0) is 64.4 Å². The lowest BCUT2D eigenvalue weighted by Gasteiger charge is -2.41. The van der Waals surface area contributed by atoms with E-state index < -0.39 is 11.0 Å². The van der Waals surface area contributed by atoms with Crippen LogP contribution in [0.25, 0.3) is 10.4 Å². The number of aryl methyl sites for hydroxylation is 1. The van der Waals surface area contributed by atoms with Gasteiger partial charge in [0.2, 0.25) is 0 Å². The van der Waals surface area contributed by atoms with E-state index in [9.17, 15) is 9.74 Å². The van der Waals surface area contributed by atoms with E-state index in [-0.39, 0.29) is 28.4 Å². The van der Waals surface area contributed by atoms with Gasteiger partial charge in [-0.1, -0.05) is 64.9 Å². The van der Waals surface area contributed by atoms with Crippen molar-refractivity contribution in [2.75, 3.05) is 13.6 Å². The van der Waals surface area contributed by atoms with Crippen LogP contribution in [0, 0.1) is 6.92 Å². The summed E-state index contributed by atoms with van der Waals surface area (Å²) in [7, 11) is 0.654. The molecule has 0 spiro atoms. The summed E-state index contributed by atoms with van der Waals surface area (Å²) in [6.07, 6.45) is -0.0979. The Morgan fingerprint density at radius 3 is 2.50 bits per heavy atom. The van der Waals surface area contributed by atoms with E-state index in [1.165, 1.54) is 5.56 Å². The molecule has 0 aliphatic carbocycles. The summed E-state index contributed by atoms with van der Waals surface area (Å²) < 4.78 is 27.2. The third-order valence-corrected chi connectivity index (χ3v) is 8.50. The highest BCUT2D eigenvalue weighted by Crippen LogP contribution is 2.36. The summed E-state index contributed by atoms with van der Waals surface area (Å²) in [4.78, 5) is 4.13. The molecule has 1 unspecified atom stereocenters. The number of hydrogen-bond donors (Lipinski definition) is 0. The van der Waals surface area contributed by atoms with E-state index in [0.29, 0.717) is 19.6 Å². The molecule has 2 aromatic rings. The van der Waals surface area contributed by atoms with Crippen molar-refractivity contribution in [3.63, 3.8) is 0 Å². The van der Waals surface area contributed by atoms with Gasteiger partial charge in [-0.15, -0.1) is 0 Å². The van der Waals surface area contributed by atoms with E-state index in [2.05, 4.69) is 22.2 Å². The molecule has 1 fully saturated rings. The molecule has 1 aliphatic heterocycles. The Hall–Kier alpha value is -1.87. The Kier molecular flexibility index (Phi) is 9.59. The fourth-order valence-corrected chi connectivity index (χ4v) is 6.08. The normalized spacial score (nSPS) is 23.9. The molecule has 0 saturated carbocycles. The molecule has 0 radical (unpaired) electrons. The second-order valence-corrected chi connectivity index (χ2v) is 13.0. The number of nitrogens with zero attached hydrogens (tertiary/aromatic N) is 4. The highest BCUT2D eigenvalue weighted by Gasteiger charge is 2.40. The highest BCUT2D eigenvalue weighted by molar-refractivity contribution is 7.99. The minimum atomic E-state index is -1.19. The van der Waals surface area contributed by atoms with Crippen LogP contribution >= 0.6 is 11.8 Å². The van der Waals surface area contributed by atoms with Gasteiger partial charge in [0, 0.05) is 16.4 Å². The second-order valence-electron chi connectivity index (χ2n) is 9.49. The predicted octanol–water partition coefficient (Wildman–Crippen LogP) is 5.86. The second kappa shape index (κ2) is 12.2. The molecular weight excluding hydrogens is 468 g/mol. The van der Waals surface area contributed by atoms with E-state index >= 15 is 0 Å². The Morgan fingerprint density at radius 1 is 1.21 bits per heavy atom. The van der Waals surface area contributed by atoms with Gasteiger partial charge in [0.25, 0.3) is 0 Å². The molecule has 2 aromatic carbocycles. The minimum absolute atomic E-state index is 0.301. The number of rotatable bonds is 9. The van der Waals surface area contributed by atoms with Gasteiger partial charge in [-0.3, -0.25) is 0 Å². The molecular formula is C25H34N4O3S2. The number of thioether (sulfide) groups is 1. The standard InChI is InChI=1S/C25H34N4O3S2/c1-18-11-13-20(14-12-18)33-24-21(27-28-26)15-22(31-17-19-9-7-6-8-10-19)23(32-24)16-29(5)34(30)25(2,3)4/h6-14,21-24H,15-17H2,1-5H3/t21-,22+,23-,24?,34-/m1/s1. The van der Waals surface area contributed by atoms with Crippen LogP contribution in [0.4, 0.5) is 0 Å². The van der Waals surface area contributed by atoms with Crippen molar-refractivity contribution in [2.45, 2.75) is 74.1 Å². The summed E-state index contributed by atoms with van der Waals surface area (Å²) in [6, 6.07) is 17.8. The number of likely N-dealkylation sites (N-methyl/N-ethyl adjacent to an activating group) is 1. The van der Waals surface area contributed by atoms with Gasteiger partial charge in [0.15, 0.2) is 0 Å². The van der Waals surface area contributed by atoms with Crippen LogP contribution in [0.15, 0.2) is 64.6 Å². The summed E-state index contributed by atoms with van der Waals surface area (Å²) in [5.41, 5.74) is 11.1. The van der Waals surface area contributed by atoms with Crippen molar-refractivity contribution in [3.8, 4) is 0 Å². The fourth-order valence-electron chi connectivity index (χ4n) is 3.78. The van der Waals surface area contributed by atoms with Crippen molar-refractivity contribution in [1.82, 2.24) is 4.31 Å². The van der Waals surface area contributed by atoms with Crippen LogP contribution in [0.3, 0.4) is 0 Å². The largest absolute Gasteiger partial charge is 0.371 e. The third kappa shape index (κ3) is 7.57. The highest BCUT2D eigenvalue weighted by atomic mass is 32.2. The van der Waals surface area contributed by atoms with Crippen molar-refractivity contribution in [3.05, 3.63) is 76.2 Å². The summed E-state index contributed by atoms with van der Waals surface area (Å²) in [5, 5.41) is 4.05. The quantitative estimate of drug-likeness (QED) is 0.244. The molecule has 1 aliphatic rings. The Bertz CT molecular complexity index is 991.